The van der Waals surface area contributed by atoms with E-state index in [0.717, 1.165) is 16.4 Å². The summed E-state index contributed by atoms with van der Waals surface area (Å²) in [5.74, 6) is -1.75. The van der Waals surface area contributed by atoms with Crippen molar-refractivity contribution in [3.8, 4) is 6.07 Å². The van der Waals surface area contributed by atoms with E-state index >= 15 is 0 Å². The Balaban J connectivity index is 2.72. The highest BCUT2D eigenvalue weighted by Crippen LogP contribution is 2.18. The van der Waals surface area contributed by atoms with Gasteiger partial charge in [-0.15, -0.1) is 0 Å². The Labute approximate surface area is 102 Å². The van der Waals surface area contributed by atoms with Crippen molar-refractivity contribution in [1.82, 2.24) is 4.31 Å². The third-order valence-electron chi connectivity index (χ3n) is 1.86. The van der Waals surface area contributed by atoms with E-state index in [1.54, 1.807) is 0 Å². The molecule has 0 aliphatic rings. The van der Waals surface area contributed by atoms with Gasteiger partial charge in [0.05, 0.1) is 12.5 Å². The Bertz CT molecular complexity index is 441. The fourth-order valence-electron chi connectivity index (χ4n) is 1.05. The molecule has 17 heavy (non-hydrogen) atoms. The van der Waals surface area contributed by atoms with Crippen molar-refractivity contribution in [2.45, 2.75) is 6.42 Å². The monoisotopic (exact) mass is 257 g/mol. The summed E-state index contributed by atoms with van der Waals surface area (Å²) in [5, 5.41) is 10.4. The predicted octanol–water partition coefficient (Wildman–Crippen LogP) is 2.56. The van der Waals surface area contributed by atoms with Gasteiger partial charge in [0.1, 0.15) is 17.3 Å². The minimum atomic E-state index is -0.875. The molecule has 0 bridgehead atoms. The number of rotatable bonds is 3. The predicted molar refractivity (Wildman–Crippen MR) is 61.3 cm³/mol. The second-order valence-electron chi connectivity index (χ2n) is 3.06. The molecule has 90 valence electrons. The lowest BCUT2D eigenvalue weighted by Gasteiger charge is -2.15. The highest BCUT2D eigenvalue weighted by atomic mass is 32.1. The van der Waals surface area contributed by atoms with Gasteiger partial charge in [-0.1, -0.05) is 18.9 Å². The number of hydrogen-bond acceptors (Lipinski definition) is 3. The van der Waals surface area contributed by atoms with E-state index in [-0.39, 0.29) is 13.0 Å². The molecule has 0 radical (unpaired) electrons. The number of anilines is 1. The number of halogens is 2. The maximum atomic E-state index is 13.2. The molecule has 0 fully saturated rings. The van der Waals surface area contributed by atoms with Crippen LogP contribution in [0, 0.1) is 23.0 Å². The first kappa shape index (κ1) is 13.3. The van der Waals surface area contributed by atoms with Gasteiger partial charge in [0.25, 0.3) is 0 Å². The third-order valence-corrected chi connectivity index (χ3v) is 2.25. The molecule has 1 rings (SSSR count). The molecule has 0 heterocycles. The van der Waals surface area contributed by atoms with Crippen LogP contribution in [0.5, 0.6) is 0 Å². The topological polar surface area (TPSA) is 56.1 Å². The van der Waals surface area contributed by atoms with Crippen molar-refractivity contribution in [2.75, 3.05) is 11.9 Å². The maximum absolute atomic E-state index is 13.2. The number of carbonyl (C=O) groups is 1. The molecule has 0 aromatic heterocycles. The Kier molecular flexibility index (Phi) is 4.72. The molecule has 0 saturated carbocycles. The average molecular weight is 257 g/mol. The zero-order valence-electron chi connectivity index (χ0n) is 8.65. The lowest BCUT2D eigenvalue weighted by molar-refractivity contribution is 0.239. The van der Waals surface area contributed by atoms with Gasteiger partial charge in [-0.3, -0.25) is 4.31 Å². The Morgan fingerprint density at radius 1 is 1.47 bits per heavy atom. The van der Waals surface area contributed by atoms with Crippen molar-refractivity contribution in [1.29, 1.82) is 5.26 Å². The van der Waals surface area contributed by atoms with Gasteiger partial charge in [-0.2, -0.15) is 5.26 Å². The fourth-order valence-corrected chi connectivity index (χ4v) is 1.20. The largest absolute Gasteiger partial charge is 0.331 e. The Hall–Kier alpha value is -1.81. The van der Waals surface area contributed by atoms with Crippen molar-refractivity contribution in [2.24, 2.45) is 0 Å². The summed E-state index contributed by atoms with van der Waals surface area (Å²) in [6.45, 7) is 0.0571. The van der Waals surface area contributed by atoms with Crippen molar-refractivity contribution in [3.63, 3.8) is 0 Å². The van der Waals surface area contributed by atoms with Crippen LogP contribution in [0.15, 0.2) is 18.2 Å². The van der Waals surface area contributed by atoms with Crippen LogP contribution in [0.3, 0.4) is 0 Å². The van der Waals surface area contributed by atoms with Crippen LogP contribution in [-0.4, -0.2) is 16.9 Å². The number of nitrogens with one attached hydrogen (secondary N) is 1. The van der Waals surface area contributed by atoms with Crippen LogP contribution >= 0.6 is 12.8 Å². The number of nitriles is 1. The minimum absolute atomic E-state index is 0.0571. The summed E-state index contributed by atoms with van der Waals surface area (Å²) >= 11 is 3.78. The summed E-state index contributed by atoms with van der Waals surface area (Å²) in [5.41, 5.74) is -0.534. The molecule has 0 aliphatic carbocycles. The van der Waals surface area contributed by atoms with E-state index in [1.807, 2.05) is 11.4 Å². The van der Waals surface area contributed by atoms with Crippen LogP contribution < -0.4 is 5.32 Å². The summed E-state index contributed by atoms with van der Waals surface area (Å²) in [7, 11) is 0. The number of nitrogens with zero attached hydrogens (tertiary/aromatic N) is 2. The second-order valence-corrected chi connectivity index (χ2v) is 3.54. The standard InChI is InChI=1S/C10H9F2N3OS/c11-7-3-1-4-8(12)9(7)14-10(16)15(17)6-2-5-13/h1,3-4,17H,2,6H2,(H,14,16). The van der Waals surface area contributed by atoms with E-state index in [1.165, 1.54) is 6.07 Å². The summed E-state index contributed by atoms with van der Waals surface area (Å²) < 4.78 is 27.2. The summed E-state index contributed by atoms with van der Waals surface area (Å²) in [6.07, 6.45) is 0.0800. The van der Waals surface area contributed by atoms with E-state index in [2.05, 4.69) is 12.8 Å². The van der Waals surface area contributed by atoms with E-state index in [4.69, 9.17) is 5.26 Å². The van der Waals surface area contributed by atoms with Gasteiger partial charge in [0, 0.05) is 6.54 Å². The second kappa shape index (κ2) is 6.06. The van der Waals surface area contributed by atoms with Crippen LogP contribution in [0.25, 0.3) is 0 Å². The molecule has 4 nitrogen and oxygen atoms in total. The highest BCUT2D eigenvalue weighted by Gasteiger charge is 2.15. The average Bonchev–Trinajstić information content (AvgIpc) is 2.30. The molecule has 7 heteroatoms. The third kappa shape index (κ3) is 3.60. The van der Waals surface area contributed by atoms with Crippen molar-refractivity contribution in [3.05, 3.63) is 29.8 Å². The summed E-state index contributed by atoms with van der Waals surface area (Å²) in [6, 6.07) is 4.26. The fraction of sp³-hybridized carbons (Fsp3) is 0.200. The highest BCUT2D eigenvalue weighted by molar-refractivity contribution is 7.78. The molecular weight excluding hydrogens is 248 g/mol. The van der Waals surface area contributed by atoms with Crippen molar-refractivity contribution >= 4 is 24.5 Å². The zero-order valence-corrected chi connectivity index (χ0v) is 9.55. The first-order chi connectivity index (χ1) is 8.06. The Morgan fingerprint density at radius 3 is 2.59 bits per heavy atom. The molecule has 2 amide bonds. The van der Waals surface area contributed by atoms with E-state index in [9.17, 15) is 13.6 Å². The maximum Gasteiger partial charge on any atom is 0.331 e. The number of amides is 2. The van der Waals surface area contributed by atoms with Gasteiger partial charge < -0.3 is 5.32 Å². The molecule has 1 aromatic rings. The molecule has 0 atom stereocenters. The molecule has 0 aliphatic heterocycles. The van der Waals surface area contributed by atoms with Gasteiger partial charge in [0.15, 0.2) is 0 Å². The number of hydrogen-bond donors (Lipinski definition) is 2. The van der Waals surface area contributed by atoms with E-state index < -0.39 is 23.4 Å². The first-order valence-corrected chi connectivity index (χ1v) is 5.04. The normalized spacial score (nSPS) is 9.53. The molecular formula is C10H9F2N3OS. The molecule has 0 spiro atoms. The smallest absolute Gasteiger partial charge is 0.302 e. The van der Waals surface area contributed by atoms with Crippen LogP contribution in [0.2, 0.25) is 0 Å². The number of carbonyl (C=O) groups excluding carboxylic acids is 1. The first-order valence-electron chi connectivity index (χ1n) is 4.64. The van der Waals surface area contributed by atoms with Crippen LogP contribution in [0.4, 0.5) is 19.3 Å². The molecule has 0 unspecified atom stereocenters. The van der Waals surface area contributed by atoms with Gasteiger partial charge in [0.2, 0.25) is 0 Å². The molecule has 1 N–H and O–H groups in total. The zero-order chi connectivity index (χ0) is 12.8. The van der Waals surface area contributed by atoms with Crippen LogP contribution in [0.1, 0.15) is 6.42 Å². The van der Waals surface area contributed by atoms with Gasteiger partial charge in [-0.05, 0) is 12.1 Å². The summed E-state index contributed by atoms with van der Waals surface area (Å²) in [4.78, 5) is 11.4. The number of para-hydroxylation sites is 1. The number of urea groups is 1. The minimum Gasteiger partial charge on any atom is -0.302 e. The van der Waals surface area contributed by atoms with Gasteiger partial charge >= 0.3 is 6.03 Å². The molecule has 0 saturated heterocycles. The van der Waals surface area contributed by atoms with Crippen molar-refractivity contribution < 1.29 is 13.6 Å². The lowest BCUT2D eigenvalue weighted by Crippen LogP contribution is -2.28. The SMILES string of the molecule is N#CCCN(S)C(=O)Nc1c(F)cccc1F. The van der Waals surface area contributed by atoms with E-state index in [0.29, 0.717) is 0 Å². The quantitative estimate of drug-likeness (QED) is 0.818. The van der Waals surface area contributed by atoms with Gasteiger partial charge in [-0.25, -0.2) is 13.6 Å². The molecule has 1 aromatic carbocycles. The number of benzene rings is 1. The van der Waals surface area contributed by atoms with Crippen LogP contribution in [-0.2, 0) is 0 Å². The lowest BCUT2D eigenvalue weighted by atomic mass is 10.3. The number of thiol groups is 1. The Morgan fingerprint density at radius 2 is 2.06 bits per heavy atom.